The van der Waals surface area contributed by atoms with E-state index in [-0.39, 0.29) is 8.80 Å². The quantitative estimate of drug-likeness (QED) is 0.383. The third-order valence-electron chi connectivity index (χ3n) is 0.289. The van der Waals surface area contributed by atoms with Crippen LogP contribution in [0.5, 0.6) is 0 Å². The van der Waals surface area contributed by atoms with Gasteiger partial charge in [0.05, 0.1) is 0 Å². The standard InChI is InChI=1S/C3H10Si.C3H8Si/c1-4(2)3;1-2-3-4/h4H,1-3H3;2H,1,3H2,4H3. The molecular weight excluding hydrogens is 128 g/mol. The summed E-state index contributed by atoms with van der Waals surface area (Å²) in [6.45, 7) is 10.4. The van der Waals surface area contributed by atoms with E-state index < -0.39 is 0 Å². The summed E-state index contributed by atoms with van der Waals surface area (Å²) in [6.07, 6.45) is 1.94. The van der Waals surface area contributed by atoms with Crippen LogP contribution in [0, 0.1) is 0 Å². The lowest BCUT2D eigenvalue weighted by atomic mass is 10.8. The molecule has 0 N–H and O–H groups in total. The highest BCUT2D eigenvalue weighted by Crippen LogP contribution is 1.68. The molecule has 0 spiro atoms. The maximum Gasteiger partial charge on any atom is 0.0274 e. The summed E-state index contributed by atoms with van der Waals surface area (Å²) in [7, 11) is 1.13. The van der Waals surface area contributed by atoms with Gasteiger partial charge in [0.15, 0.2) is 0 Å². The van der Waals surface area contributed by atoms with Crippen molar-refractivity contribution in [2.75, 3.05) is 0 Å². The van der Waals surface area contributed by atoms with Gasteiger partial charge in [-0.25, -0.2) is 0 Å². The molecular formula is C6H18Si2. The Bertz CT molecular complexity index is 39.0. The second kappa shape index (κ2) is 10.2. The van der Waals surface area contributed by atoms with E-state index in [2.05, 4.69) is 26.2 Å². The molecule has 0 bridgehead atoms. The van der Waals surface area contributed by atoms with Crippen LogP contribution in [-0.4, -0.2) is 19.0 Å². The lowest BCUT2D eigenvalue weighted by Gasteiger charge is -1.75. The van der Waals surface area contributed by atoms with Crippen LogP contribution >= 0.6 is 0 Å². The molecule has 0 nitrogen and oxygen atoms in total. The van der Waals surface area contributed by atoms with Gasteiger partial charge in [0, 0.05) is 19.0 Å². The Balaban J connectivity index is 0. The molecule has 0 atom stereocenters. The van der Waals surface area contributed by atoms with Crippen LogP contribution in [0.25, 0.3) is 0 Å². The fourth-order valence-corrected chi connectivity index (χ4v) is 0. The SMILES string of the molecule is C=CC[SiH3].C[SiH](C)C. The topological polar surface area (TPSA) is 0 Å². The second-order valence-electron chi connectivity index (χ2n) is 2.43. The van der Waals surface area contributed by atoms with E-state index >= 15 is 0 Å². The molecule has 0 rings (SSSR count). The van der Waals surface area contributed by atoms with Crippen LogP contribution in [0.15, 0.2) is 12.7 Å². The highest BCUT2D eigenvalue weighted by molar-refractivity contribution is 6.54. The number of allylic oxidation sites excluding steroid dienone is 1. The normalized spacial score (nSPS) is 8.00. The summed E-state index contributed by atoms with van der Waals surface area (Å²) in [5, 5.41) is 0. The van der Waals surface area contributed by atoms with E-state index in [0.29, 0.717) is 0 Å². The van der Waals surface area contributed by atoms with Crippen molar-refractivity contribution in [2.24, 2.45) is 0 Å². The van der Waals surface area contributed by atoms with Crippen LogP contribution in [0.2, 0.25) is 25.7 Å². The first kappa shape index (κ1) is 11.0. The van der Waals surface area contributed by atoms with Crippen molar-refractivity contribution in [1.82, 2.24) is 0 Å². The first-order chi connectivity index (χ1) is 3.65. The summed E-state index contributed by atoms with van der Waals surface area (Å²) >= 11 is 0. The van der Waals surface area contributed by atoms with Crippen LogP contribution in [0.3, 0.4) is 0 Å². The third kappa shape index (κ3) is 120. The van der Waals surface area contributed by atoms with Crippen molar-refractivity contribution in [2.45, 2.75) is 25.7 Å². The van der Waals surface area contributed by atoms with E-state index in [1.165, 1.54) is 16.3 Å². The van der Waals surface area contributed by atoms with Crippen molar-refractivity contribution in [3.05, 3.63) is 12.7 Å². The molecule has 0 aliphatic carbocycles. The number of rotatable bonds is 1. The van der Waals surface area contributed by atoms with Gasteiger partial charge in [0.2, 0.25) is 0 Å². The molecule has 0 aromatic carbocycles. The van der Waals surface area contributed by atoms with Crippen molar-refractivity contribution in [3.63, 3.8) is 0 Å². The molecule has 2 heteroatoms. The predicted molar refractivity (Wildman–Crippen MR) is 49.7 cm³/mol. The summed E-state index contributed by atoms with van der Waals surface area (Å²) < 4.78 is 0. The largest absolute Gasteiger partial charge is 0.103 e. The van der Waals surface area contributed by atoms with E-state index in [4.69, 9.17) is 0 Å². The van der Waals surface area contributed by atoms with E-state index in [0.717, 1.165) is 0 Å². The summed E-state index contributed by atoms with van der Waals surface area (Å²) in [4.78, 5) is 0. The zero-order chi connectivity index (χ0) is 6.99. The van der Waals surface area contributed by atoms with Crippen molar-refractivity contribution < 1.29 is 0 Å². The van der Waals surface area contributed by atoms with Crippen LogP contribution < -0.4 is 0 Å². The van der Waals surface area contributed by atoms with Gasteiger partial charge < -0.3 is 0 Å². The average molecular weight is 146 g/mol. The Morgan fingerprint density at radius 3 is 1.62 bits per heavy atom. The lowest BCUT2D eigenvalue weighted by Crippen LogP contribution is -1.84. The predicted octanol–water partition coefficient (Wildman–Crippen LogP) is 1.06. The third-order valence-corrected chi connectivity index (χ3v) is 0.866. The van der Waals surface area contributed by atoms with Gasteiger partial charge in [0.25, 0.3) is 0 Å². The van der Waals surface area contributed by atoms with Gasteiger partial charge in [0.1, 0.15) is 0 Å². The number of hydrogen-bond acceptors (Lipinski definition) is 0. The summed E-state index contributed by atoms with van der Waals surface area (Å²) in [6, 6.07) is 1.22. The molecule has 0 unspecified atom stereocenters. The van der Waals surface area contributed by atoms with Crippen molar-refractivity contribution >= 4 is 19.0 Å². The lowest BCUT2D eigenvalue weighted by molar-refractivity contribution is 1.76. The van der Waals surface area contributed by atoms with E-state index in [1.807, 2.05) is 6.08 Å². The minimum atomic E-state index is -0.139. The van der Waals surface area contributed by atoms with Gasteiger partial charge in [-0.1, -0.05) is 25.7 Å². The molecule has 0 aliphatic rings. The highest BCUT2D eigenvalue weighted by Gasteiger charge is 1.71. The van der Waals surface area contributed by atoms with Gasteiger partial charge in [-0.2, -0.15) is 0 Å². The minimum absolute atomic E-state index is 0.139. The first-order valence-electron chi connectivity index (χ1n) is 3.26. The molecule has 50 valence electrons. The van der Waals surface area contributed by atoms with Gasteiger partial charge >= 0.3 is 0 Å². The first-order valence-corrected chi connectivity index (χ1v) is 8.13. The molecule has 0 amide bonds. The fourth-order valence-electron chi connectivity index (χ4n) is 0. The van der Waals surface area contributed by atoms with Crippen molar-refractivity contribution in [3.8, 4) is 0 Å². The summed E-state index contributed by atoms with van der Waals surface area (Å²) in [5.41, 5.74) is 0. The van der Waals surface area contributed by atoms with Crippen LogP contribution in [-0.2, 0) is 0 Å². The minimum Gasteiger partial charge on any atom is -0.103 e. The Hall–Kier alpha value is 0.174. The van der Waals surface area contributed by atoms with Crippen LogP contribution in [0.4, 0.5) is 0 Å². The Labute approximate surface area is 58.0 Å². The van der Waals surface area contributed by atoms with Gasteiger partial charge in [-0.15, -0.1) is 6.58 Å². The van der Waals surface area contributed by atoms with Gasteiger partial charge in [-0.05, 0) is 6.04 Å². The Morgan fingerprint density at radius 1 is 1.50 bits per heavy atom. The fraction of sp³-hybridized carbons (Fsp3) is 0.667. The molecule has 0 aromatic heterocycles. The molecule has 0 radical (unpaired) electrons. The molecule has 0 fully saturated rings. The molecule has 0 aliphatic heterocycles. The second-order valence-corrected chi connectivity index (χ2v) is 6.71. The Morgan fingerprint density at radius 2 is 1.62 bits per heavy atom. The molecule has 0 heterocycles. The Kier molecular flexibility index (Phi) is 14.1. The van der Waals surface area contributed by atoms with E-state index in [1.54, 1.807) is 0 Å². The number of hydrogen-bond donors (Lipinski definition) is 0. The smallest absolute Gasteiger partial charge is 0.0274 e. The van der Waals surface area contributed by atoms with Gasteiger partial charge in [-0.3, -0.25) is 0 Å². The molecule has 0 saturated heterocycles. The zero-order valence-electron chi connectivity index (χ0n) is 6.57. The molecule has 8 heavy (non-hydrogen) atoms. The monoisotopic (exact) mass is 146 g/mol. The zero-order valence-corrected chi connectivity index (χ0v) is 9.72. The van der Waals surface area contributed by atoms with Crippen molar-refractivity contribution in [1.29, 1.82) is 0 Å². The maximum atomic E-state index is 3.51. The molecule has 0 saturated carbocycles. The molecule has 0 aromatic rings. The highest BCUT2D eigenvalue weighted by atomic mass is 28.3. The summed E-state index contributed by atoms with van der Waals surface area (Å²) in [5.74, 6) is 0. The van der Waals surface area contributed by atoms with Crippen LogP contribution in [0.1, 0.15) is 0 Å². The van der Waals surface area contributed by atoms with E-state index in [9.17, 15) is 0 Å². The average Bonchev–Trinajstić information content (AvgIpc) is 1.65. The maximum absolute atomic E-state index is 3.51.